The van der Waals surface area contributed by atoms with Crippen molar-refractivity contribution in [1.82, 2.24) is 4.90 Å². The molecule has 0 fully saturated rings. The number of carbonyl (C=O) groups excluding carboxylic acids is 1. The summed E-state index contributed by atoms with van der Waals surface area (Å²) in [4.78, 5) is 24.7. The van der Waals surface area contributed by atoms with Gasteiger partial charge in [-0.3, -0.25) is 14.5 Å². The average Bonchev–Trinajstić information content (AvgIpc) is 2.38. The number of carboxylic acid groups (broad SMARTS) is 1. The summed E-state index contributed by atoms with van der Waals surface area (Å²) in [5.74, 6) is -0.803. The van der Waals surface area contributed by atoms with Crippen LogP contribution >= 0.6 is 0 Å². The molecule has 0 bridgehead atoms. The summed E-state index contributed by atoms with van der Waals surface area (Å²) >= 11 is 0. The molecule has 0 aliphatic rings. The first-order chi connectivity index (χ1) is 9.64. The number of hydrogen-bond acceptors (Lipinski definition) is 3. The Morgan fingerprint density at radius 2 is 1.95 bits per heavy atom. The number of benzene rings is 1. The van der Waals surface area contributed by atoms with Crippen LogP contribution in [0, 0.1) is 0 Å². The summed E-state index contributed by atoms with van der Waals surface area (Å²) < 4.78 is 0. The molecule has 0 atom stereocenters. The Balaban J connectivity index is 2.70. The minimum atomic E-state index is -1.09. The van der Waals surface area contributed by atoms with E-state index in [9.17, 15) is 9.59 Å². The van der Waals surface area contributed by atoms with Crippen LogP contribution in [0.4, 0.5) is 5.69 Å². The molecule has 1 amide bonds. The molecule has 2 N–H and O–H groups in total. The SMILES string of the molecule is CC(C)c1cccc(NC(=O)CN(C)C(C)(C)C(=O)O)c1. The fraction of sp³-hybridized carbons (Fsp3) is 0.500. The molecule has 5 nitrogen and oxygen atoms in total. The summed E-state index contributed by atoms with van der Waals surface area (Å²) in [6.07, 6.45) is 0. The molecule has 0 saturated carbocycles. The van der Waals surface area contributed by atoms with Crippen LogP contribution in [0.1, 0.15) is 39.2 Å². The zero-order valence-electron chi connectivity index (χ0n) is 13.3. The minimum absolute atomic E-state index is 0.0191. The second-order valence-corrected chi connectivity index (χ2v) is 6.05. The largest absolute Gasteiger partial charge is 0.480 e. The minimum Gasteiger partial charge on any atom is -0.480 e. The van der Waals surface area contributed by atoms with Crippen molar-refractivity contribution >= 4 is 17.6 Å². The first kappa shape index (κ1) is 17.2. The van der Waals surface area contributed by atoms with Gasteiger partial charge in [-0.15, -0.1) is 0 Å². The van der Waals surface area contributed by atoms with Gasteiger partial charge in [-0.05, 0) is 44.5 Å². The molecule has 0 saturated heterocycles. The number of likely N-dealkylation sites (N-methyl/N-ethyl adjacent to an activating group) is 1. The Bertz CT molecular complexity index is 524. The Morgan fingerprint density at radius 1 is 1.33 bits per heavy atom. The van der Waals surface area contributed by atoms with E-state index in [1.807, 2.05) is 24.3 Å². The lowest BCUT2D eigenvalue weighted by atomic mass is 10.0. The number of anilines is 1. The zero-order chi connectivity index (χ0) is 16.2. The van der Waals surface area contributed by atoms with Crippen LogP contribution in [0.5, 0.6) is 0 Å². The zero-order valence-corrected chi connectivity index (χ0v) is 13.3. The maximum atomic E-state index is 12.0. The van der Waals surface area contributed by atoms with E-state index < -0.39 is 11.5 Å². The van der Waals surface area contributed by atoms with Crippen LogP contribution in [0.25, 0.3) is 0 Å². The van der Waals surface area contributed by atoms with Crippen LogP contribution in [-0.2, 0) is 9.59 Å². The summed E-state index contributed by atoms with van der Waals surface area (Å²) in [5, 5.41) is 11.9. The maximum Gasteiger partial charge on any atom is 0.323 e. The van der Waals surface area contributed by atoms with Gasteiger partial charge in [0, 0.05) is 5.69 Å². The quantitative estimate of drug-likeness (QED) is 0.845. The van der Waals surface area contributed by atoms with Gasteiger partial charge in [0.05, 0.1) is 6.54 Å². The van der Waals surface area contributed by atoms with Crippen molar-refractivity contribution < 1.29 is 14.7 Å². The summed E-state index contributed by atoms with van der Waals surface area (Å²) in [6, 6.07) is 7.67. The van der Waals surface area contributed by atoms with Crippen molar-refractivity contribution in [2.75, 3.05) is 18.9 Å². The summed E-state index contributed by atoms with van der Waals surface area (Å²) in [7, 11) is 1.62. The van der Waals surface area contributed by atoms with E-state index in [4.69, 9.17) is 5.11 Å². The predicted molar refractivity (Wildman–Crippen MR) is 83.5 cm³/mol. The highest BCUT2D eigenvalue weighted by atomic mass is 16.4. The highest BCUT2D eigenvalue weighted by Crippen LogP contribution is 2.19. The normalized spacial score (nSPS) is 11.8. The van der Waals surface area contributed by atoms with Crippen LogP contribution in [0.2, 0.25) is 0 Å². The molecule has 1 aromatic carbocycles. The van der Waals surface area contributed by atoms with Crippen molar-refractivity contribution in [2.45, 2.75) is 39.2 Å². The number of hydrogen-bond donors (Lipinski definition) is 2. The number of amides is 1. The Kier molecular flexibility index (Phi) is 5.49. The maximum absolute atomic E-state index is 12.0. The van der Waals surface area contributed by atoms with Gasteiger partial charge in [0.25, 0.3) is 0 Å². The Labute approximate surface area is 126 Å². The topological polar surface area (TPSA) is 69.6 Å². The third-order valence-electron chi connectivity index (χ3n) is 3.70. The molecule has 1 aromatic rings. The number of carboxylic acids is 1. The number of rotatable bonds is 6. The molecular formula is C16H24N2O3. The number of aliphatic carboxylic acids is 1. The third-order valence-corrected chi connectivity index (χ3v) is 3.70. The van der Waals surface area contributed by atoms with Gasteiger partial charge in [-0.25, -0.2) is 0 Å². The molecule has 0 aliphatic carbocycles. The van der Waals surface area contributed by atoms with Gasteiger partial charge < -0.3 is 10.4 Å². The smallest absolute Gasteiger partial charge is 0.323 e. The van der Waals surface area contributed by atoms with Crippen LogP contribution in [-0.4, -0.2) is 41.0 Å². The second-order valence-electron chi connectivity index (χ2n) is 6.05. The molecule has 0 radical (unpaired) electrons. The van der Waals surface area contributed by atoms with Crippen molar-refractivity contribution in [1.29, 1.82) is 0 Å². The van der Waals surface area contributed by atoms with Gasteiger partial charge in [0.15, 0.2) is 0 Å². The molecular weight excluding hydrogens is 268 g/mol. The van der Waals surface area contributed by atoms with E-state index in [-0.39, 0.29) is 12.5 Å². The fourth-order valence-electron chi connectivity index (χ4n) is 1.75. The molecule has 5 heteroatoms. The van der Waals surface area contributed by atoms with Gasteiger partial charge in [0.1, 0.15) is 5.54 Å². The number of nitrogens with zero attached hydrogens (tertiary/aromatic N) is 1. The van der Waals surface area contributed by atoms with Crippen molar-refractivity contribution in [3.63, 3.8) is 0 Å². The Morgan fingerprint density at radius 3 is 2.48 bits per heavy atom. The average molecular weight is 292 g/mol. The van der Waals surface area contributed by atoms with Crippen molar-refractivity contribution in [3.05, 3.63) is 29.8 Å². The highest BCUT2D eigenvalue weighted by molar-refractivity contribution is 5.92. The molecule has 116 valence electrons. The molecule has 0 unspecified atom stereocenters. The molecule has 1 rings (SSSR count). The van der Waals surface area contributed by atoms with Gasteiger partial charge >= 0.3 is 5.97 Å². The van der Waals surface area contributed by atoms with E-state index in [1.165, 1.54) is 4.90 Å². The van der Waals surface area contributed by atoms with E-state index in [2.05, 4.69) is 19.2 Å². The molecule has 0 aliphatic heterocycles. The third kappa shape index (κ3) is 4.56. The molecule has 0 heterocycles. The van der Waals surface area contributed by atoms with E-state index in [0.717, 1.165) is 11.3 Å². The standard InChI is InChI=1S/C16H24N2O3/c1-11(2)12-7-6-8-13(9-12)17-14(19)10-18(5)16(3,4)15(20)21/h6-9,11H,10H2,1-5H3,(H,17,19)(H,20,21). The number of carbonyl (C=O) groups is 2. The number of nitrogens with one attached hydrogen (secondary N) is 1. The van der Waals surface area contributed by atoms with Crippen LogP contribution in [0.3, 0.4) is 0 Å². The summed E-state index contributed by atoms with van der Waals surface area (Å²) in [5.41, 5.74) is 0.789. The molecule has 0 spiro atoms. The van der Waals surface area contributed by atoms with Crippen molar-refractivity contribution in [2.24, 2.45) is 0 Å². The van der Waals surface area contributed by atoms with Crippen molar-refractivity contribution in [3.8, 4) is 0 Å². The van der Waals surface area contributed by atoms with E-state index >= 15 is 0 Å². The lowest BCUT2D eigenvalue weighted by Crippen LogP contribution is -2.50. The Hall–Kier alpha value is -1.88. The summed E-state index contributed by atoms with van der Waals surface area (Å²) in [6.45, 7) is 7.34. The van der Waals surface area contributed by atoms with Crippen LogP contribution < -0.4 is 5.32 Å². The predicted octanol–water partition coefficient (Wildman–Crippen LogP) is 2.54. The monoisotopic (exact) mass is 292 g/mol. The second kappa shape index (κ2) is 6.72. The first-order valence-electron chi connectivity index (χ1n) is 6.99. The lowest BCUT2D eigenvalue weighted by molar-refractivity contribution is -0.148. The lowest BCUT2D eigenvalue weighted by Gasteiger charge is -2.30. The fourth-order valence-corrected chi connectivity index (χ4v) is 1.75. The highest BCUT2D eigenvalue weighted by Gasteiger charge is 2.32. The van der Waals surface area contributed by atoms with Gasteiger partial charge in [-0.2, -0.15) is 0 Å². The first-order valence-corrected chi connectivity index (χ1v) is 6.99. The van der Waals surface area contributed by atoms with E-state index in [1.54, 1.807) is 20.9 Å². The molecule has 0 aromatic heterocycles. The van der Waals surface area contributed by atoms with E-state index in [0.29, 0.717) is 5.92 Å². The van der Waals surface area contributed by atoms with Gasteiger partial charge in [0.2, 0.25) is 5.91 Å². The van der Waals surface area contributed by atoms with Crippen LogP contribution in [0.15, 0.2) is 24.3 Å². The van der Waals surface area contributed by atoms with Gasteiger partial charge in [-0.1, -0.05) is 26.0 Å². The molecule has 21 heavy (non-hydrogen) atoms.